The van der Waals surface area contributed by atoms with Gasteiger partial charge in [0.05, 0.1) is 0 Å². The topological polar surface area (TPSA) is 0 Å². The zero-order valence-electron chi connectivity index (χ0n) is 15.1. The molecule has 0 aromatic rings. The first-order valence-electron chi connectivity index (χ1n) is 11.1. The number of rotatable bonds is 3. The molecule has 130 valence electrons. The van der Waals surface area contributed by atoms with E-state index >= 15 is 0 Å². The third-order valence-electron chi connectivity index (χ3n) is 8.49. The summed E-state index contributed by atoms with van der Waals surface area (Å²) in [6.07, 6.45) is 26.3. The Labute approximate surface area is 148 Å². The van der Waals surface area contributed by atoms with Gasteiger partial charge >= 0.3 is 149 Å². The van der Waals surface area contributed by atoms with E-state index in [9.17, 15) is 0 Å². The fourth-order valence-electron chi connectivity index (χ4n) is 8.17. The molecular weight excluding hydrogens is 339 g/mol. The van der Waals surface area contributed by atoms with Crippen LogP contribution in [0.25, 0.3) is 0 Å². The molecule has 0 amide bonds. The monoisotopic (exact) mass is 376 g/mol. The van der Waals surface area contributed by atoms with Crippen molar-refractivity contribution in [1.82, 2.24) is 0 Å². The summed E-state index contributed by atoms with van der Waals surface area (Å²) in [4.78, 5) is 0. The summed E-state index contributed by atoms with van der Waals surface area (Å²) in [6, 6.07) is 0. The van der Waals surface area contributed by atoms with Gasteiger partial charge in [0.15, 0.2) is 0 Å². The Morgan fingerprint density at radius 3 is 1.30 bits per heavy atom. The van der Waals surface area contributed by atoms with Crippen molar-refractivity contribution >= 4 is 14.7 Å². The van der Waals surface area contributed by atoms with Gasteiger partial charge in [-0.25, -0.2) is 0 Å². The summed E-state index contributed by atoms with van der Waals surface area (Å²) in [5.41, 5.74) is 0. The van der Waals surface area contributed by atoms with E-state index in [-0.39, 0.29) is 0 Å². The van der Waals surface area contributed by atoms with Crippen molar-refractivity contribution in [2.24, 2.45) is 17.8 Å². The second kappa shape index (κ2) is 6.37. The van der Waals surface area contributed by atoms with Gasteiger partial charge in [-0.1, -0.05) is 0 Å². The van der Waals surface area contributed by atoms with Crippen molar-refractivity contribution in [3.05, 3.63) is 0 Å². The standard InChI is InChI=1S/C22H37As/c1-3-7-20(8-4-1)23(21-9-5-2-6-10-21)22-14-17-11-18(15-22)13-19(12-17)16-22/h17-21H,1-16H2. The molecule has 0 radical (unpaired) electrons. The maximum absolute atomic E-state index is 1.73. The first-order valence-corrected chi connectivity index (χ1v) is 14.2. The molecule has 4 bridgehead atoms. The van der Waals surface area contributed by atoms with Gasteiger partial charge in [0.1, 0.15) is 0 Å². The minimum absolute atomic E-state index is 0.697. The average molecular weight is 376 g/mol. The second-order valence-corrected chi connectivity index (χ2v) is 16.9. The molecule has 6 saturated carbocycles. The van der Waals surface area contributed by atoms with Gasteiger partial charge in [-0.05, 0) is 0 Å². The van der Waals surface area contributed by atoms with Crippen LogP contribution in [0.15, 0.2) is 0 Å². The minimum atomic E-state index is -0.697. The summed E-state index contributed by atoms with van der Waals surface area (Å²) < 4.78 is 3.53. The van der Waals surface area contributed by atoms with Crippen molar-refractivity contribution in [1.29, 1.82) is 0 Å². The third-order valence-corrected chi connectivity index (χ3v) is 17.4. The van der Waals surface area contributed by atoms with Crippen molar-refractivity contribution in [2.45, 2.75) is 116 Å². The molecule has 6 fully saturated rings. The molecule has 0 aromatic carbocycles. The van der Waals surface area contributed by atoms with Crippen LogP contribution in [0, 0.1) is 17.8 Å². The predicted molar refractivity (Wildman–Crippen MR) is 100 cm³/mol. The van der Waals surface area contributed by atoms with E-state index in [1.54, 1.807) is 103 Å². The van der Waals surface area contributed by atoms with Crippen molar-refractivity contribution in [2.75, 3.05) is 0 Å². The molecule has 6 rings (SSSR count). The van der Waals surface area contributed by atoms with Crippen LogP contribution in [0.3, 0.4) is 0 Å². The van der Waals surface area contributed by atoms with Crippen LogP contribution in [0.1, 0.15) is 103 Å². The molecule has 6 aliphatic carbocycles. The Balaban J connectivity index is 1.46. The molecule has 23 heavy (non-hydrogen) atoms. The van der Waals surface area contributed by atoms with E-state index in [4.69, 9.17) is 0 Å². The first kappa shape index (κ1) is 15.8. The predicted octanol–water partition coefficient (Wildman–Crippen LogP) is 7.12. The van der Waals surface area contributed by atoms with Gasteiger partial charge in [0, 0.05) is 0 Å². The zero-order valence-corrected chi connectivity index (χ0v) is 17.0. The fourth-order valence-corrected chi connectivity index (χ4v) is 19.5. The number of hydrogen-bond acceptors (Lipinski definition) is 0. The van der Waals surface area contributed by atoms with Gasteiger partial charge in [0.25, 0.3) is 0 Å². The second-order valence-electron chi connectivity index (χ2n) is 10.1. The quantitative estimate of drug-likeness (QED) is 0.460. The Hall–Kier alpha value is 0.558. The molecule has 1 heteroatoms. The van der Waals surface area contributed by atoms with E-state index in [2.05, 4.69) is 0 Å². The van der Waals surface area contributed by atoms with Gasteiger partial charge in [-0.3, -0.25) is 0 Å². The van der Waals surface area contributed by atoms with Crippen molar-refractivity contribution in [3.8, 4) is 0 Å². The van der Waals surface area contributed by atoms with E-state index in [1.165, 1.54) is 27.2 Å². The molecule has 0 atom stereocenters. The number of hydrogen-bond donors (Lipinski definition) is 0. The molecule has 0 aromatic heterocycles. The van der Waals surface area contributed by atoms with Gasteiger partial charge < -0.3 is 0 Å². The SMILES string of the molecule is C1CCC([As](C2CCCCC2)C23CC4CC(CC(C4)C2)C3)CC1. The molecular formula is C22H37As. The van der Waals surface area contributed by atoms with Crippen LogP contribution in [-0.2, 0) is 0 Å². The van der Waals surface area contributed by atoms with Gasteiger partial charge in [0.2, 0.25) is 0 Å². The Kier molecular flexibility index (Phi) is 4.37. The molecule has 0 saturated heterocycles. The average Bonchev–Trinajstić information content (AvgIpc) is 2.55. The maximum atomic E-state index is 1.73. The van der Waals surface area contributed by atoms with Crippen LogP contribution in [-0.4, -0.2) is 14.7 Å². The van der Waals surface area contributed by atoms with Crippen molar-refractivity contribution in [3.63, 3.8) is 0 Å². The summed E-state index contributed by atoms with van der Waals surface area (Å²) in [7, 11) is 0. The van der Waals surface area contributed by atoms with Crippen LogP contribution in [0.5, 0.6) is 0 Å². The molecule has 0 heterocycles. The van der Waals surface area contributed by atoms with E-state index in [0.717, 1.165) is 4.20 Å². The van der Waals surface area contributed by atoms with Gasteiger partial charge in [-0.2, -0.15) is 0 Å². The normalized spacial score (nSPS) is 45.0. The van der Waals surface area contributed by atoms with E-state index in [1.807, 2.05) is 0 Å². The van der Waals surface area contributed by atoms with Gasteiger partial charge in [-0.15, -0.1) is 0 Å². The summed E-state index contributed by atoms with van der Waals surface area (Å²) >= 11 is -0.697. The Morgan fingerprint density at radius 2 is 0.913 bits per heavy atom. The summed E-state index contributed by atoms with van der Waals surface area (Å²) in [6.45, 7) is 0. The fraction of sp³-hybridized carbons (Fsp3) is 1.00. The third kappa shape index (κ3) is 2.88. The Morgan fingerprint density at radius 1 is 0.522 bits per heavy atom. The van der Waals surface area contributed by atoms with Crippen LogP contribution >= 0.6 is 0 Å². The molecule has 0 unspecified atom stereocenters. The van der Waals surface area contributed by atoms with E-state index < -0.39 is 14.7 Å². The molecule has 0 spiro atoms. The van der Waals surface area contributed by atoms with Crippen LogP contribution in [0.4, 0.5) is 0 Å². The molecule has 0 aliphatic heterocycles. The van der Waals surface area contributed by atoms with Crippen LogP contribution in [0.2, 0.25) is 13.6 Å². The first-order chi connectivity index (χ1) is 11.3. The summed E-state index contributed by atoms with van der Waals surface area (Å²) in [5, 5.41) is 0. The van der Waals surface area contributed by atoms with Crippen molar-refractivity contribution < 1.29 is 0 Å². The molecule has 6 aliphatic rings. The molecule has 0 nitrogen and oxygen atoms in total. The van der Waals surface area contributed by atoms with Crippen LogP contribution < -0.4 is 0 Å². The Bertz CT molecular complexity index is 362. The van der Waals surface area contributed by atoms with E-state index in [0.29, 0.717) is 0 Å². The molecule has 0 N–H and O–H groups in total. The zero-order chi connectivity index (χ0) is 15.3. The summed E-state index contributed by atoms with van der Waals surface area (Å²) in [5.74, 6) is 3.56.